The third-order valence-corrected chi connectivity index (χ3v) is 4.97. The Labute approximate surface area is 161 Å². The van der Waals surface area contributed by atoms with E-state index in [-0.39, 0.29) is 0 Å². The van der Waals surface area contributed by atoms with Crippen molar-refractivity contribution in [3.63, 3.8) is 0 Å². The molecule has 0 unspecified atom stereocenters. The number of hydrogen-bond acceptors (Lipinski definition) is 4. The molecular weight excluding hydrogens is 350 g/mol. The molecule has 0 aliphatic heterocycles. The van der Waals surface area contributed by atoms with Crippen molar-refractivity contribution < 1.29 is 9.63 Å². The molecule has 0 saturated carbocycles. The predicted octanol–water partition coefficient (Wildman–Crippen LogP) is 5.04. The van der Waals surface area contributed by atoms with Gasteiger partial charge in [-0.25, -0.2) is 4.98 Å². The van der Waals surface area contributed by atoms with E-state index in [1.54, 1.807) is 13.8 Å². The van der Waals surface area contributed by atoms with E-state index in [1.165, 1.54) is 0 Å². The van der Waals surface area contributed by atoms with Crippen molar-refractivity contribution in [2.24, 2.45) is 0 Å². The van der Waals surface area contributed by atoms with Gasteiger partial charge in [-0.3, -0.25) is 0 Å². The summed E-state index contributed by atoms with van der Waals surface area (Å²) in [5.74, 6) is 0. The van der Waals surface area contributed by atoms with Crippen molar-refractivity contribution in [3.05, 3.63) is 78.6 Å². The number of hydrogen-bond donors (Lipinski definition) is 1. The van der Waals surface area contributed by atoms with Gasteiger partial charge in [0, 0.05) is 12.4 Å². The molecule has 0 amide bonds. The highest BCUT2D eigenvalue weighted by Gasteiger charge is 2.17. The number of imidazole rings is 1. The van der Waals surface area contributed by atoms with E-state index in [2.05, 4.69) is 5.16 Å². The Balaban J connectivity index is 1.60. The van der Waals surface area contributed by atoms with E-state index in [0.717, 1.165) is 44.7 Å². The number of aliphatic hydroxyl groups is 1. The Morgan fingerprint density at radius 3 is 2.64 bits per heavy atom. The van der Waals surface area contributed by atoms with Crippen molar-refractivity contribution in [1.82, 2.24) is 14.5 Å². The average Bonchev–Trinajstić information content (AvgIpc) is 3.30. The molecule has 5 rings (SSSR count). The number of nitrogens with zero attached hydrogens (tertiary/aromatic N) is 3. The van der Waals surface area contributed by atoms with Gasteiger partial charge in [-0.05, 0) is 60.9 Å². The number of benzene rings is 2. The second-order valence-corrected chi connectivity index (χ2v) is 7.48. The van der Waals surface area contributed by atoms with Crippen LogP contribution in [0.25, 0.3) is 39.1 Å². The molecule has 1 N–H and O–H groups in total. The van der Waals surface area contributed by atoms with Crippen LogP contribution >= 0.6 is 0 Å². The molecule has 5 heteroatoms. The molecule has 3 heterocycles. The van der Waals surface area contributed by atoms with Crippen LogP contribution in [0.4, 0.5) is 0 Å². The van der Waals surface area contributed by atoms with E-state index in [9.17, 15) is 5.11 Å². The largest absolute Gasteiger partial charge is 0.386 e. The van der Waals surface area contributed by atoms with Crippen molar-refractivity contribution in [2.75, 3.05) is 0 Å². The Hall–Kier alpha value is -3.44. The Kier molecular flexibility index (Phi) is 3.60. The molecule has 2 aromatic carbocycles. The zero-order valence-electron chi connectivity index (χ0n) is 15.6. The molecule has 5 nitrogen and oxygen atoms in total. The predicted molar refractivity (Wildman–Crippen MR) is 109 cm³/mol. The standard InChI is InChI=1S/C23H19N3O2/c1-23(2,27)17-7-5-6-15(12-17)16-10-11-21-24-19(14-26(21)13-16)22-18-8-3-4-9-20(18)28-25-22/h3-14,27H,1-2H3. The fourth-order valence-electron chi connectivity index (χ4n) is 3.43. The molecule has 0 radical (unpaired) electrons. The zero-order chi connectivity index (χ0) is 19.3. The lowest BCUT2D eigenvalue weighted by Crippen LogP contribution is -2.15. The van der Waals surface area contributed by atoms with Gasteiger partial charge in [0.1, 0.15) is 17.0 Å². The first kappa shape index (κ1) is 16.7. The van der Waals surface area contributed by atoms with Crippen LogP contribution in [-0.4, -0.2) is 19.6 Å². The third-order valence-electron chi connectivity index (χ3n) is 4.97. The van der Waals surface area contributed by atoms with Crippen LogP contribution in [0.5, 0.6) is 0 Å². The van der Waals surface area contributed by atoms with Crippen LogP contribution in [-0.2, 0) is 5.60 Å². The second kappa shape index (κ2) is 6.04. The lowest BCUT2D eigenvalue weighted by atomic mass is 9.95. The number of pyridine rings is 1. The van der Waals surface area contributed by atoms with Crippen molar-refractivity contribution >= 4 is 16.6 Å². The molecular formula is C23H19N3O2. The highest BCUT2D eigenvalue weighted by molar-refractivity contribution is 5.90. The molecule has 28 heavy (non-hydrogen) atoms. The molecule has 0 fully saturated rings. The molecule has 5 aromatic rings. The smallest absolute Gasteiger partial charge is 0.167 e. The lowest BCUT2D eigenvalue weighted by Gasteiger charge is -2.18. The lowest BCUT2D eigenvalue weighted by molar-refractivity contribution is 0.0786. The highest BCUT2D eigenvalue weighted by Crippen LogP contribution is 2.29. The SMILES string of the molecule is CC(C)(O)c1cccc(-c2ccc3nc(-c4noc5ccccc45)cn3c2)c1. The van der Waals surface area contributed by atoms with Gasteiger partial charge in [-0.1, -0.05) is 35.5 Å². The summed E-state index contributed by atoms with van der Waals surface area (Å²) in [5, 5.41) is 15.4. The molecule has 0 bridgehead atoms. The summed E-state index contributed by atoms with van der Waals surface area (Å²) in [6.45, 7) is 3.58. The maximum atomic E-state index is 10.3. The van der Waals surface area contributed by atoms with Crippen molar-refractivity contribution in [1.29, 1.82) is 0 Å². The first-order chi connectivity index (χ1) is 13.5. The Bertz CT molecular complexity index is 1310. The monoisotopic (exact) mass is 369 g/mol. The minimum Gasteiger partial charge on any atom is -0.386 e. The second-order valence-electron chi connectivity index (χ2n) is 7.48. The number of para-hydroxylation sites is 1. The van der Waals surface area contributed by atoms with E-state index in [4.69, 9.17) is 9.51 Å². The van der Waals surface area contributed by atoms with E-state index < -0.39 is 5.60 Å². The van der Waals surface area contributed by atoms with Crippen LogP contribution in [0.15, 0.2) is 77.6 Å². The van der Waals surface area contributed by atoms with Crippen molar-refractivity contribution in [3.8, 4) is 22.5 Å². The summed E-state index contributed by atoms with van der Waals surface area (Å²) in [6.07, 6.45) is 4.00. The molecule has 3 aromatic heterocycles. The summed E-state index contributed by atoms with van der Waals surface area (Å²) in [7, 11) is 0. The summed E-state index contributed by atoms with van der Waals surface area (Å²) >= 11 is 0. The third kappa shape index (κ3) is 2.77. The molecule has 0 aliphatic carbocycles. The number of fused-ring (bicyclic) bond motifs is 2. The summed E-state index contributed by atoms with van der Waals surface area (Å²) in [5.41, 5.74) is 5.19. The average molecular weight is 369 g/mol. The minimum atomic E-state index is -0.879. The quantitative estimate of drug-likeness (QED) is 0.484. The normalized spacial score (nSPS) is 12.1. The van der Waals surface area contributed by atoms with Gasteiger partial charge in [0.15, 0.2) is 5.58 Å². The molecule has 138 valence electrons. The zero-order valence-corrected chi connectivity index (χ0v) is 15.6. The number of rotatable bonds is 3. The van der Waals surface area contributed by atoms with E-state index >= 15 is 0 Å². The van der Waals surface area contributed by atoms with Crippen LogP contribution < -0.4 is 0 Å². The van der Waals surface area contributed by atoms with Gasteiger partial charge in [0.05, 0.1) is 11.0 Å². The maximum absolute atomic E-state index is 10.3. The van der Waals surface area contributed by atoms with E-state index in [1.807, 2.05) is 77.5 Å². The van der Waals surface area contributed by atoms with Gasteiger partial charge in [-0.2, -0.15) is 0 Å². The highest BCUT2D eigenvalue weighted by atomic mass is 16.5. The minimum absolute atomic E-state index is 0.741. The van der Waals surface area contributed by atoms with Gasteiger partial charge in [0.25, 0.3) is 0 Å². The van der Waals surface area contributed by atoms with Gasteiger partial charge in [0.2, 0.25) is 0 Å². The summed E-state index contributed by atoms with van der Waals surface area (Å²) < 4.78 is 7.41. The molecule has 0 saturated heterocycles. The fourth-order valence-corrected chi connectivity index (χ4v) is 3.43. The Morgan fingerprint density at radius 2 is 1.79 bits per heavy atom. The van der Waals surface area contributed by atoms with Crippen LogP contribution in [0, 0.1) is 0 Å². The van der Waals surface area contributed by atoms with Crippen LogP contribution in [0.2, 0.25) is 0 Å². The maximum Gasteiger partial charge on any atom is 0.167 e. The summed E-state index contributed by atoms with van der Waals surface area (Å²) in [4.78, 5) is 4.70. The number of aromatic nitrogens is 3. The van der Waals surface area contributed by atoms with Gasteiger partial charge in [-0.15, -0.1) is 0 Å². The first-order valence-corrected chi connectivity index (χ1v) is 9.16. The first-order valence-electron chi connectivity index (χ1n) is 9.16. The fraction of sp³-hybridized carbons (Fsp3) is 0.130. The van der Waals surface area contributed by atoms with Crippen LogP contribution in [0.1, 0.15) is 19.4 Å². The van der Waals surface area contributed by atoms with Crippen molar-refractivity contribution in [2.45, 2.75) is 19.4 Å². The molecule has 0 atom stereocenters. The Morgan fingerprint density at radius 1 is 0.929 bits per heavy atom. The summed E-state index contributed by atoms with van der Waals surface area (Å²) in [6, 6.07) is 19.8. The van der Waals surface area contributed by atoms with Crippen LogP contribution in [0.3, 0.4) is 0 Å². The topological polar surface area (TPSA) is 63.6 Å². The molecule has 0 spiro atoms. The van der Waals surface area contributed by atoms with E-state index in [0.29, 0.717) is 0 Å². The van der Waals surface area contributed by atoms with Gasteiger partial charge >= 0.3 is 0 Å². The molecule has 0 aliphatic rings. The van der Waals surface area contributed by atoms with Gasteiger partial charge < -0.3 is 14.0 Å².